The predicted molar refractivity (Wildman–Crippen MR) is 123 cm³/mol. The molecular formula is C26H30N2O4. The number of ether oxygens (including phenoxy) is 1. The maximum absolute atomic E-state index is 13.0. The normalized spacial score (nSPS) is 16.2. The molecule has 1 aliphatic rings. The van der Waals surface area contributed by atoms with Gasteiger partial charge in [-0.1, -0.05) is 60.2 Å². The Kier molecular flexibility index (Phi) is 7.82. The van der Waals surface area contributed by atoms with Gasteiger partial charge in [0.05, 0.1) is 12.2 Å². The molecule has 0 fully saturated rings. The fourth-order valence-electron chi connectivity index (χ4n) is 3.95. The summed E-state index contributed by atoms with van der Waals surface area (Å²) in [6.07, 6.45) is 0.824. The monoisotopic (exact) mass is 434 g/mol. The number of carbonyl (C=O) groups excluding carboxylic acids is 3. The van der Waals surface area contributed by atoms with Crippen LogP contribution in [-0.2, 0) is 25.5 Å². The van der Waals surface area contributed by atoms with Crippen molar-refractivity contribution in [3.8, 4) is 0 Å². The Morgan fingerprint density at radius 3 is 2.41 bits per heavy atom. The van der Waals surface area contributed by atoms with Crippen molar-refractivity contribution in [2.24, 2.45) is 0 Å². The maximum atomic E-state index is 13.0. The highest BCUT2D eigenvalue weighted by Gasteiger charge is 2.37. The van der Waals surface area contributed by atoms with Crippen LogP contribution in [0.25, 0.3) is 0 Å². The number of aryl methyl sites for hydroxylation is 1. The number of nitrogens with one attached hydrogen (secondary N) is 1. The lowest BCUT2D eigenvalue weighted by atomic mass is 9.83. The van der Waals surface area contributed by atoms with Gasteiger partial charge in [-0.3, -0.25) is 9.59 Å². The molecule has 1 atom stereocenters. The van der Waals surface area contributed by atoms with Crippen LogP contribution >= 0.6 is 0 Å². The summed E-state index contributed by atoms with van der Waals surface area (Å²) in [7, 11) is 0. The minimum absolute atomic E-state index is 0.117. The number of hydrogen-bond donors (Lipinski definition) is 1. The predicted octanol–water partition coefficient (Wildman–Crippen LogP) is 3.51. The van der Waals surface area contributed by atoms with Crippen molar-refractivity contribution < 1.29 is 19.1 Å². The molecule has 1 heterocycles. The first-order valence-corrected chi connectivity index (χ1v) is 11.0. The van der Waals surface area contributed by atoms with Crippen molar-refractivity contribution in [2.45, 2.75) is 39.5 Å². The number of carbonyl (C=O) groups is 3. The van der Waals surface area contributed by atoms with Gasteiger partial charge in [0, 0.05) is 24.6 Å². The van der Waals surface area contributed by atoms with E-state index in [2.05, 4.69) is 5.32 Å². The average Bonchev–Trinajstić information content (AvgIpc) is 2.77. The van der Waals surface area contributed by atoms with Crippen molar-refractivity contribution in [1.29, 1.82) is 0 Å². The van der Waals surface area contributed by atoms with E-state index in [4.69, 9.17) is 4.74 Å². The van der Waals surface area contributed by atoms with Gasteiger partial charge in [-0.05, 0) is 38.3 Å². The van der Waals surface area contributed by atoms with Crippen LogP contribution in [0.1, 0.15) is 42.9 Å². The van der Waals surface area contributed by atoms with Gasteiger partial charge in [0.15, 0.2) is 0 Å². The summed E-state index contributed by atoms with van der Waals surface area (Å²) in [6.45, 7) is 6.04. The first kappa shape index (κ1) is 23.3. The Labute approximate surface area is 189 Å². The molecule has 0 aromatic heterocycles. The molecule has 32 heavy (non-hydrogen) atoms. The SMILES string of the molecule is CCOC(=O)C1=C(C)N(CC(=O)NCCc2ccccc2)C(=O)CC1c1ccc(C)cc1. The number of hydrogen-bond acceptors (Lipinski definition) is 4. The van der Waals surface area contributed by atoms with Gasteiger partial charge in [0.2, 0.25) is 11.8 Å². The van der Waals surface area contributed by atoms with Gasteiger partial charge in [-0.25, -0.2) is 4.79 Å². The highest BCUT2D eigenvalue weighted by Crippen LogP contribution is 2.37. The molecule has 6 heteroatoms. The molecule has 0 spiro atoms. The summed E-state index contributed by atoms with van der Waals surface area (Å²) in [5.74, 6) is -1.28. The molecule has 0 saturated heterocycles. The van der Waals surface area contributed by atoms with E-state index >= 15 is 0 Å². The van der Waals surface area contributed by atoms with Crippen molar-refractivity contribution in [2.75, 3.05) is 19.7 Å². The number of benzene rings is 2. The van der Waals surface area contributed by atoms with E-state index in [1.165, 1.54) is 4.90 Å². The highest BCUT2D eigenvalue weighted by molar-refractivity contribution is 5.97. The Morgan fingerprint density at radius 2 is 1.75 bits per heavy atom. The van der Waals surface area contributed by atoms with Crippen molar-refractivity contribution in [3.63, 3.8) is 0 Å². The molecule has 6 nitrogen and oxygen atoms in total. The zero-order chi connectivity index (χ0) is 23.1. The molecule has 0 bridgehead atoms. The molecular weight excluding hydrogens is 404 g/mol. The van der Waals surface area contributed by atoms with Gasteiger partial charge in [0.25, 0.3) is 0 Å². The molecule has 168 valence electrons. The van der Waals surface area contributed by atoms with Crippen LogP contribution in [0.15, 0.2) is 65.9 Å². The smallest absolute Gasteiger partial charge is 0.336 e. The van der Waals surface area contributed by atoms with E-state index in [9.17, 15) is 14.4 Å². The molecule has 2 aromatic carbocycles. The zero-order valence-corrected chi connectivity index (χ0v) is 18.9. The van der Waals surface area contributed by atoms with Gasteiger partial charge in [-0.15, -0.1) is 0 Å². The average molecular weight is 435 g/mol. The molecule has 0 radical (unpaired) electrons. The van der Waals surface area contributed by atoms with Crippen molar-refractivity contribution in [1.82, 2.24) is 10.2 Å². The van der Waals surface area contributed by atoms with Crippen LogP contribution in [0.4, 0.5) is 0 Å². The second-order valence-corrected chi connectivity index (χ2v) is 7.95. The maximum Gasteiger partial charge on any atom is 0.336 e. The van der Waals surface area contributed by atoms with Gasteiger partial charge >= 0.3 is 5.97 Å². The van der Waals surface area contributed by atoms with Gasteiger partial charge in [-0.2, -0.15) is 0 Å². The number of esters is 1. The molecule has 2 amide bonds. The van der Waals surface area contributed by atoms with Crippen molar-refractivity contribution in [3.05, 3.63) is 82.6 Å². The summed E-state index contributed by atoms with van der Waals surface area (Å²) >= 11 is 0. The van der Waals surface area contributed by atoms with E-state index < -0.39 is 5.97 Å². The van der Waals surface area contributed by atoms with Crippen LogP contribution in [0.3, 0.4) is 0 Å². The minimum Gasteiger partial charge on any atom is -0.463 e. The Bertz CT molecular complexity index is 996. The summed E-state index contributed by atoms with van der Waals surface area (Å²) in [6, 6.07) is 17.7. The summed E-state index contributed by atoms with van der Waals surface area (Å²) in [4.78, 5) is 39.7. The van der Waals surface area contributed by atoms with Crippen molar-refractivity contribution >= 4 is 17.8 Å². The third-order valence-corrected chi connectivity index (χ3v) is 5.68. The lowest BCUT2D eigenvalue weighted by Gasteiger charge is -2.34. The number of rotatable bonds is 8. The van der Waals surface area contributed by atoms with Crippen LogP contribution in [0, 0.1) is 6.92 Å². The second-order valence-electron chi connectivity index (χ2n) is 7.95. The summed E-state index contributed by atoms with van der Waals surface area (Å²) in [5, 5.41) is 2.87. The fraction of sp³-hybridized carbons (Fsp3) is 0.346. The van der Waals surface area contributed by atoms with E-state index in [0.717, 1.165) is 16.7 Å². The zero-order valence-electron chi connectivity index (χ0n) is 18.9. The largest absolute Gasteiger partial charge is 0.463 e. The Balaban J connectivity index is 1.76. The molecule has 3 rings (SSSR count). The Hall–Kier alpha value is -3.41. The summed E-state index contributed by atoms with van der Waals surface area (Å²) < 4.78 is 5.29. The lowest BCUT2D eigenvalue weighted by Crippen LogP contribution is -2.44. The lowest BCUT2D eigenvalue weighted by molar-refractivity contribution is -0.141. The minimum atomic E-state index is -0.447. The van der Waals surface area contributed by atoms with Crippen LogP contribution in [-0.4, -0.2) is 42.4 Å². The quantitative estimate of drug-likeness (QED) is 0.645. The third-order valence-electron chi connectivity index (χ3n) is 5.68. The molecule has 0 saturated carbocycles. The third kappa shape index (κ3) is 5.63. The van der Waals surface area contributed by atoms with Gasteiger partial charge < -0.3 is 15.0 Å². The second kappa shape index (κ2) is 10.8. The molecule has 1 aliphatic heterocycles. The fourth-order valence-corrected chi connectivity index (χ4v) is 3.95. The van der Waals surface area contributed by atoms with E-state index in [1.807, 2.05) is 61.5 Å². The molecule has 1 N–H and O–H groups in total. The summed E-state index contributed by atoms with van der Waals surface area (Å²) in [5.41, 5.74) is 4.03. The first-order valence-electron chi connectivity index (χ1n) is 11.0. The van der Waals surface area contributed by atoms with Crippen LogP contribution in [0.2, 0.25) is 0 Å². The van der Waals surface area contributed by atoms with Crippen LogP contribution < -0.4 is 5.32 Å². The first-order chi connectivity index (χ1) is 15.4. The Morgan fingerprint density at radius 1 is 1.06 bits per heavy atom. The van der Waals surface area contributed by atoms with Crippen LogP contribution in [0.5, 0.6) is 0 Å². The van der Waals surface area contributed by atoms with E-state index in [0.29, 0.717) is 24.2 Å². The van der Waals surface area contributed by atoms with E-state index in [1.54, 1.807) is 13.8 Å². The standard InChI is InChI=1S/C26H30N2O4/c1-4-32-26(31)25-19(3)28(17-23(29)27-15-14-20-8-6-5-7-9-20)24(30)16-22(25)21-12-10-18(2)11-13-21/h5-13,22H,4,14-17H2,1-3H3,(H,27,29). The molecule has 0 aliphatic carbocycles. The number of allylic oxidation sites excluding steroid dienone is 1. The highest BCUT2D eigenvalue weighted by atomic mass is 16.5. The molecule has 1 unspecified atom stereocenters. The number of amides is 2. The van der Waals surface area contributed by atoms with E-state index in [-0.39, 0.29) is 37.3 Å². The topological polar surface area (TPSA) is 75.7 Å². The number of nitrogens with zero attached hydrogens (tertiary/aromatic N) is 1. The molecule has 2 aromatic rings. The van der Waals surface area contributed by atoms with Gasteiger partial charge in [0.1, 0.15) is 6.54 Å².